The van der Waals surface area contributed by atoms with Crippen molar-refractivity contribution in [1.29, 1.82) is 0 Å². The Morgan fingerprint density at radius 2 is 2.00 bits per heavy atom. The third kappa shape index (κ3) is 4.28. The van der Waals surface area contributed by atoms with Crippen molar-refractivity contribution in [3.8, 4) is 0 Å². The van der Waals surface area contributed by atoms with Gasteiger partial charge < -0.3 is 15.0 Å². The van der Waals surface area contributed by atoms with Crippen molar-refractivity contribution in [2.24, 2.45) is 0 Å². The molecule has 8 nitrogen and oxygen atoms in total. The lowest BCUT2D eigenvalue weighted by molar-refractivity contribution is -0.126. The fraction of sp³-hybridized carbons (Fsp3) is 0.571. The van der Waals surface area contributed by atoms with Gasteiger partial charge in [-0.3, -0.25) is 19.1 Å². The minimum atomic E-state index is -0.0391. The van der Waals surface area contributed by atoms with E-state index in [0.29, 0.717) is 24.1 Å². The Balaban J connectivity index is 1.45. The van der Waals surface area contributed by atoms with Gasteiger partial charge >= 0.3 is 0 Å². The summed E-state index contributed by atoms with van der Waals surface area (Å²) in [6, 6.07) is 5.86. The van der Waals surface area contributed by atoms with Crippen LogP contribution in [0.2, 0.25) is 0 Å². The Hall–Kier alpha value is -2.45. The van der Waals surface area contributed by atoms with Gasteiger partial charge in [0, 0.05) is 45.5 Å². The van der Waals surface area contributed by atoms with E-state index in [-0.39, 0.29) is 17.5 Å². The molecule has 2 aliphatic rings. The summed E-state index contributed by atoms with van der Waals surface area (Å²) in [4.78, 5) is 34.0. The molecule has 8 heteroatoms. The molecule has 2 aromatic rings. The third-order valence-electron chi connectivity index (χ3n) is 5.97. The molecular formula is C21H29N5O3. The Kier molecular flexibility index (Phi) is 6.10. The van der Waals surface area contributed by atoms with Gasteiger partial charge in [-0.25, -0.2) is 4.98 Å². The van der Waals surface area contributed by atoms with Crippen LogP contribution in [-0.2, 0) is 16.1 Å². The lowest BCUT2D eigenvalue weighted by Crippen LogP contribution is -2.54. The number of hydrogen-bond acceptors (Lipinski definition) is 6. The maximum absolute atomic E-state index is 12.6. The molecule has 2 saturated heterocycles. The van der Waals surface area contributed by atoms with E-state index < -0.39 is 0 Å². The lowest BCUT2D eigenvalue weighted by atomic mass is 10.1. The number of aromatic nitrogens is 2. The molecule has 1 amide bonds. The minimum Gasteiger partial charge on any atom is -0.383 e. The number of rotatable bonds is 5. The van der Waals surface area contributed by atoms with Crippen molar-refractivity contribution in [2.75, 3.05) is 51.3 Å². The quantitative estimate of drug-likeness (QED) is 0.803. The first kappa shape index (κ1) is 19.8. The average Bonchev–Trinajstić information content (AvgIpc) is 2.97. The van der Waals surface area contributed by atoms with Crippen LogP contribution < -0.4 is 15.8 Å². The van der Waals surface area contributed by atoms with Gasteiger partial charge in [-0.15, -0.1) is 0 Å². The monoisotopic (exact) mass is 399 g/mol. The molecule has 1 N–H and O–H groups in total. The summed E-state index contributed by atoms with van der Waals surface area (Å²) in [5.41, 5.74) is 1.75. The molecule has 1 unspecified atom stereocenters. The third-order valence-corrected chi connectivity index (χ3v) is 5.97. The van der Waals surface area contributed by atoms with Gasteiger partial charge in [-0.2, -0.15) is 0 Å². The molecule has 1 aromatic heterocycles. The fourth-order valence-corrected chi connectivity index (χ4v) is 4.26. The molecule has 3 heterocycles. The van der Waals surface area contributed by atoms with Crippen LogP contribution in [0, 0.1) is 0 Å². The van der Waals surface area contributed by atoms with Crippen molar-refractivity contribution in [1.82, 2.24) is 19.8 Å². The summed E-state index contributed by atoms with van der Waals surface area (Å²) in [5, 5.41) is 3.66. The van der Waals surface area contributed by atoms with E-state index in [9.17, 15) is 9.59 Å². The Morgan fingerprint density at radius 3 is 2.79 bits per heavy atom. The zero-order valence-corrected chi connectivity index (χ0v) is 17.0. The summed E-state index contributed by atoms with van der Waals surface area (Å²) in [6.07, 6.45) is 4.71. The average molecular weight is 399 g/mol. The second-order valence-electron chi connectivity index (χ2n) is 7.76. The van der Waals surface area contributed by atoms with Crippen molar-refractivity contribution >= 4 is 22.5 Å². The van der Waals surface area contributed by atoms with Crippen molar-refractivity contribution in [3.63, 3.8) is 0 Å². The predicted molar refractivity (Wildman–Crippen MR) is 112 cm³/mol. The van der Waals surface area contributed by atoms with Gasteiger partial charge in [0.15, 0.2) is 0 Å². The standard InChI is InChI=1S/C21H29N5O3/c1-29-13-12-26-15-23-18-14-16(5-6-17(18)21(26)28)24-8-10-25(11-9-24)19-4-2-3-7-22-20(19)27/h5-6,14-15,19H,2-4,7-13H2,1H3,(H,22,27). The van der Waals surface area contributed by atoms with E-state index in [1.165, 1.54) is 0 Å². The first-order chi connectivity index (χ1) is 14.2. The van der Waals surface area contributed by atoms with Gasteiger partial charge in [0.2, 0.25) is 5.91 Å². The predicted octanol–water partition coefficient (Wildman–Crippen LogP) is 0.834. The van der Waals surface area contributed by atoms with Crippen LogP contribution in [0.1, 0.15) is 19.3 Å². The van der Waals surface area contributed by atoms with Crippen molar-refractivity contribution in [3.05, 3.63) is 34.9 Å². The topological polar surface area (TPSA) is 79.7 Å². The van der Waals surface area contributed by atoms with Gasteiger partial charge in [0.1, 0.15) is 0 Å². The van der Waals surface area contributed by atoms with E-state index in [1.807, 2.05) is 18.2 Å². The van der Waals surface area contributed by atoms with E-state index in [2.05, 4.69) is 20.1 Å². The van der Waals surface area contributed by atoms with Crippen LogP contribution in [0.4, 0.5) is 5.69 Å². The number of benzene rings is 1. The number of anilines is 1. The molecule has 0 aliphatic carbocycles. The van der Waals surface area contributed by atoms with Crippen LogP contribution in [0.15, 0.2) is 29.3 Å². The Labute approximate surface area is 170 Å². The lowest BCUT2D eigenvalue weighted by Gasteiger charge is -2.39. The minimum absolute atomic E-state index is 0.00323. The van der Waals surface area contributed by atoms with Crippen molar-refractivity contribution < 1.29 is 9.53 Å². The van der Waals surface area contributed by atoms with Crippen molar-refractivity contribution in [2.45, 2.75) is 31.8 Å². The molecule has 1 atom stereocenters. The van der Waals surface area contributed by atoms with Crippen LogP contribution in [-0.4, -0.2) is 72.8 Å². The van der Waals surface area contributed by atoms with E-state index >= 15 is 0 Å². The summed E-state index contributed by atoms with van der Waals surface area (Å²) in [7, 11) is 1.62. The highest BCUT2D eigenvalue weighted by atomic mass is 16.5. The number of methoxy groups -OCH3 is 1. The Morgan fingerprint density at radius 1 is 1.17 bits per heavy atom. The maximum atomic E-state index is 12.6. The number of amides is 1. The summed E-state index contributed by atoms with van der Waals surface area (Å²) in [5.74, 6) is 0.176. The second-order valence-corrected chi connectivity index (χ2v) is 7.76. The summed E-state index contributed by atoms with van der Waals surface area (Å²) >= 11 is 0. The highest BCUT2D eigenvalue weighted by Gasteiger charge is 2.29. The van der Waals surface area contributed by atoms with E-state index in [4.69, 9.17) is 4.74 Å². The smallest absolute Gasteiger partial charge is 0.261 e. The van der Waals surface area contributed by atoms with Gasteiger partial charge in [-0.1, -0.05) is 0 Å². The van der Waals surface area contributed by atoms with Crippen LogP contribution in [0.3, 0.4) is 0 Å². The summed E-state index contributed by atoms with van der Waals surface area (Å²) in [6.45, 7) is 5.22. The fourth-order valence-electron chi connectivity index (χ4n) is 4.26. The zero-order valence-electron chi connectivity index (χ0n) is 17.0. The molecule has 0 radical (unpaired) electrons. The summed E-state index contributed by atoms with van der Waals surface area (Å²) < 4.78 is 6.64. The first-order valence-electron chi connectivity index (χ1n) is 10.4. The van der Waals surface area contributed by atoms with E-state index in [1.54, 1.807) is 18.0 Å². The number of nitrogens with one attached hydrogen (secondary N) is 1. The van der Waals surface area contributed by atoms with Gasteiger partial charge in [0.25, 0.3) is 5.56 Å². The van der Waals surface area contributed by atoms with Crippen LogP contribution >= 0.6 is 0 Å². The number of fused-ring (bicyclic) bond motifs is 1. The highest BCUT2D eigenvalue weighted by molar-refractivity contribution is 5.82. The van der Waals surface area contributed by atoms with Crippen LogP contribution in [0.25, 0.3) is 10.9 Å². The number of piperazine rings is 1. The number of carbonyl (C=O) groups excluding carboxylic acids is 1. The van der Waals surface area contributed by atoms with E-state index in [0.717, 1.165) is 57.7 Å². The molecule has 2 fully saturated rings. The number of nitrogens with zero attached hydrogens (tertiary/aromatic N) is 4. The van der Waals surface area contributed by atoms with Crippen LogP contribution in [0.5, 0.6) is 0 Å². The molecule has 4 rings (SSSR count). The molecule has 0 saturated carbocycles. The largest absolute Gasteiger partial charge is 0.383 e. The highest BCUT2D eigenvalue weighted by Crippen LogP contribution is 2.22. The number of carbonyl (C=O) groups is 1. The molecule has 0 bridgehead atoms. The second kappa shape index (κ2) is 8.92. The number of hydrogen-bond donors (Lipinski definition) is 1. The molecule has 1 aromatic carbocycles. The zero-order chi connectivity index (χ0) is 20.2. The molecule has 2 aliphatic heterocycles. The molecule has 0 spiro atoms. The molecular weight excluding hydrogens is 370 g/mol. The molecule has 29 heavy (non-hydrogen) atoms. The maximum Gasteiger partial charge on any atom is 0.261 e. The number of ether oxygens (including phenoxy) is 1. The molecule has 156 valence electrons. The Bertz CT molecular complexity index is 920. The van der Waals surface area contributed by atoms with Gasteiger partial charge in [0.05, 0.1) is 36.4 Å². The first-order valence-corrected chi connectivity index (χ1v) is 10.4. The van der Waals surface area contributed by atoms with Gasteiger partial charge in [-0.05, 0) is 37.5 Å². The normalized spacial score (nSPS) is 21.2. The SMILES string of the molecule is COCCn1cnc2cc(N3CCN(C4CCCCNC4=O)CC3)ccc2c1=O.